The first kappa shape index (κ1) is 13.5. The van der Waals surface area contributed by atoms with Gasteiger partial charge in [0.15, 0.2) is 0 Å². The lowest BCUT2D eigenvalue weighted by Gasteiger charge is -2.26. The summed E-state index contributed by atoms with van der Waals surface area (Å²) >= 11 is 0. The van der Waals surface area contributed by atoms with Crippen molar-refractivity contribution >= 4 is 5.91 Å². The maximum Gasteiger partial charge on any atom is 0.272 e. The molecular weight excluding hydrogens is 242 g/mol. The Labute approximate surface area is 112 Å². The monoisotopic (exact) mass is 259 g/mol. The number of nitrogens with zero attached hydrogens (tertiary/aromatic N) is 3. The quantitative estimate of drug-likeness (QED) is 0.824. The Bertz CT molecular complexity index is 472. The summed E-state index contributed by atoms with van der Waals surface area (Å²) in [4.78, 5) is 17.9. The first-order valence-electron chi connectivity index (χ1n) is 6.40. The zero-order valence-electron chi connectivity index (χ0n) is 11.0. The zero-order chi connectivity index (χ0) is 13.7. The van der Waals surface area contributed by atoms with Crippen LogP contribution in [0.5, 0.6) is 0 Å². The van der Waals surface area contributed by atoms with Crippen LogP contribution in [0.2, 0.25) is 0 Å². The third-order valence-electron chi connectivity index (χ3n) is 3.25. The molecule has 1 aromatic heterocycles. The van der Waals surface area contributed by atoms with Gasteiger partial charge in [0, 0.05) is 26.4 Å². The molecule has 1 aliphatic rings. The van der Waals surface area contributed by atoms with Crippen LogP contribution in [-0.4, -0.2) is 42.6 Å². The number of nitriles is 1. The number of rotatable bonds is 3. The highest BCUT2D eigenvalue weighted by atomic mass is 16.5. The Kier molecular flexibility index (Phi) is 4.48. The van der Waals surface area contributed by atoms with Crippen molar-refractivity contribution in [2.75, 3.05) is 26.8 Å². The van der Waals surface area contributed by atoms with E-state index in [1.807, 2.05) is 6.07 Å². The van der Waals surface area contributed by atoms with Gasteiger partial charge in [-0.25, -0.2) is 4.98 Å². The van der Waals surface area contributed by atoms with Crippen LogP contribution < -0.4 is 0 Å². The largest absolute Gasteiger partial charge is 0.381 e. The second-order valence-electron chi connectivity index (χ2n) is 4.81. The predicted octanol–water partition coefficient (Wildman–Crippen LogP) is 1.45. The summed E-state index contributed by atoms with van der Waals surface area (Å²) in [6.45, 7) is 2.23. The van der Waals surface area contributed by atoms with Crippen LogP contribution >= 0.6 is 0 Å². The molecule has 2 heterocycles. The fourth-order valence-corrected chi connectivity index (χ4v) is 2.20. The van der Waals surface area contributed by atoms with Gasteiger partial charge in [-0.05, 0) is 30.9 Å². The van der Waals surface area contributed by atoms with Gasteiger partial charge in [0.25, 0.3) is 5.91 Å². The van der Waals surface area contributed by atoms with E-state index in [4.69, 9.17) is 10.00 Å². The molecule has 0 aliphatic carbocycles. The first-order chi connectivity index (χ1) is 9.20. The Morgan fingerprint density at radius 1 is 1.63 bits per heavy atom. The minimum Gasteiger partial charge on any atom is -0.381 e. The number of carbonyl (C=O) groups is 1. The van der Waals surface area contributed by atoms with E-state index >= 15 is 0 Å². The van der Waals surface area contributed by atoms with Crippen LogP contribution in [-0.2, 0) is 4.74 Å². The smallest absolute Gasteiger partial charge is 0.272 e. The van der Waals surface area contributed by atoms with Crippen molar-refractivity contribution in [1.29, 1.82) is 5.26 Å². The molecule has 0 saturated carbocycles. The molecule has 100 valence electrons. The van der Waals surface area contributed by atoms with Crippen molar-refractivity contribution in [3.63, 3.8) is 0 Å². The van der Waals surface area contributed by atoms with Crippen molar-refractivity contribution in [1.82, 2.24) is 9.88 Å². The van der Waals surface area contributed by atoms with Crippen LogP contribution in [0.15, 0.2) is 18.3 Å². The van der Waals surface area contributed by atoms with E-state index < -0.39 is 0 Å². The van der Waals surface area contributed by atoms with E-state index in [9.17, 15) is 4.79 Å². The standard InChI is InChI=1S/C14H17N3O2/c1-17(9-12-3-2-6-19-10-12)14(18)13-5-4-11(7-15)8-16-13/h4-5,8,12H,2-3,6,9-10H2,1H3. The number of carbonyl (C=O) groups excluding carboxylic acids is 1. The lowest BCUT2D eigenvalue weighted by atomic mass is 10.0. The Morgan fingerprint density at radius 2 is 2.47 bits per heavy atom. The molecule has 0 radical (unpaired) electrons. The van der Waals surface area contributed by atoms with E-state index in [2.05, 4.69) is 4.98 Å². The van der Waals surface area contributed by atoms with Gasteiger partial charge in [-0.1, -0.05) is 0 Å². The Hall–Kier alpha value is -1.93. The van der Waals surface area contributed by atoms with Crippen LogP contribution in [0.25, 0.3) is 0 Å². The summed E-state index contributed by atoms with van der Waals surface area (Å²) in [7, 11) is 1.77. The molecule has 1 saturated heterocycles. The minimum absolute atomic E-state index is 0.116. The number of aromatic nitrogens is 1. The molecule has 1 fully saturated rings. The summed E-state index contributed by atoms with van der Waals surface area (Å²) in [6.07, 6.45) is 3.57. The summed E-state index contributed by atoms with van der Waals surface area (Å²) in [5.41, 5.74) is 0.832. The molecule has 0 spiro atoms. The Balaban J connectivity index is 1.95. The van der Waals surface area contributed by atoms with Crippen LogP contribution in [0.1, 0.15) is 28.9 Å². The molecule has 1 aliphatic heterocycles. The van der Waals surface area contributed by atoms with Crippen molar-refractivity contribution in [2.45, 2.75) is 12.8 Å². The van der Waals surface area contributed by atoms with Gasteiger partial charge >= 0.3 is 0 Å². The molecule has 1 amide bonds. The second-order valence-corrected chi connectivity index (χ2v) is 4.81. The third kappa shape index (κ3) is 3.52. The highest BCUT2D eigenvalue weighted by Crippen LogP contribution is 2.15. The molecule has 0 aromatic carbocycles. The fourth-order valence-electron chi connectivity index (χ4n) is 2.20. The van der Waals surface area contributed by atoms with Gasteiger partial charge in [0.2, 0.25) is 0 Å². The molecule has 0 bridgehead atoms. The number of hydrogen-bond acceptors (Lipinski definition) is 4. The number of hydrogen-bond donors (Lipinski definition) is 0. The fraction of sp³-hybridized carbons (Fsp3) is 0.500. The van der Waals surface area contributed by atoms with Crippen molar-refractivity contribution < 1.29 is 9.53 Å². The molecule has 2 rings (SSSR count). The van der Waals surface area contributed by atoms with E-state index in [0.29, 0.717) is 23.7 Å². The van der Waals surface area contributed by atoms with Crippen molar-refractivity contribution in [3.05, 3.63) is 29.6 Å². The maximum atomic E-state index is 12.2. The number of ether oxygens (including phenoxy) is 1. The summed E-state index contributed by atoms with van der Waals surface area (Å²) in [6, 6.07) is 5.19. The predicted molar refractivity (Wildman–Crippen MR) is 69.5 cm³/mol. The number of pyridine rings is 1. The van der Waals surface area contributed by atoms with Gasteiger partial charge in [-0.2, -0.15) is 5.26 Å². The van der Waals surface area contributed by atoms with Gasteiger partial charge in [-0.15, -0.1) is 0 Å². The Morgan fingerprint density at radius 3 is 3.05 bits per heavy atom. The topological polar surface area (TPSA) is 66.2 Å². The summed E-state index contributed by atoms with van der Waals surface area (Å²) in [5, 5.41) is 8.69. The SMILES string of the molecule is CN(CC1CCCOC1)C(=O)c1ccc(C#N)cn1. The first-order valence-corrected chi connectivity index (χ1v) is 6.40. The highest BCUT2D eigenvalue weighted by Gasteiger charge is 2.20. The number of amides is 1. The summed E-state index contributed by atoms with van der Waals surface area (Å²) < 4.78 is 5.41. The van der Waals surface area contributed by atoms with E-state index in [1.165, 1.54) is 6.20 Å². The summed E-state index contributed by atoms with van der Waals surface area (Å²) in [5.74, 6) is 0.288. The van der Waals surface area contributed by atoms with Crippen molar-refractivity contribution in [2.24, 2.45) is 5.92 Å². The van der Waals surface area contributed by atoms with Crippen LogP contribution in [0.4, 0.5) is 0 Å². The lowest BCUT2D eigenvalue weighted by Crippen LogP contribution is -2.35. The van der Waals surface area contributed by atoms with Gasteiger partial charge in [-0.3, -0.25) is 4.79 Å². The molecule has 1 atom stereocenters. The zero-order valence-corrected chi connectivity index (χ0v) is 11.0. The van der Waals surface area contributed by atoms with Crippen LogP contribution in [0.3, 0.4) is 0 Å². The average molecular weight is 259 g/mol. The van der Waals surface area contributed by atoms with Gasteiger partial charge in [0.05, 0.1) is 12.2 Å². The molecule has 0 N–H and O–H groups in total. The minimum atomic E-state index is -0.116. The second kappa shape index (κ2) is 6.30. The molecule has 19 heavy (non-hydrogen) atoms. The molecule has 5 heteroatoms. The van der Waals surface area contributed by atoms with Gasteiger partial charge in [0.1, 0.15) is 11.8 Å². The van der Waals surface area contributed by atoms with E-state index in [1.54, 1.807) is 24.1 Å². The van der Waals surface area contributed by atoms with E-state index in [0.717, 1.165) is 26.1 Å². The molecule has 5 nitrogen and oxygen atoms in total. The van der Waals surface area contributed by atoms with Crippen LogP contribution in [0, 0.1) is 17.2 Å². The van der Waals surface area contributed by atoms with Gasteiger partial charge < -0.3 is 9.64 Å². The normalized spacial score (nSPS) is 18.6. The van der Waals surface area contributed by atoms with E-state index in [-0.39, 0.29) is 5.91 Å². The molecule has 1 unspecified atom stereocenters. The third-order valence-corrected chi connectivity index (χ3v) is 3.25. The highest BCUT2D eigenvalue weighted by molar-refractivity contribution is 5.92. The van der Waals surface area contributed by atoms with Crippen molar-refractivity contribution in [3.8, 4) is 6.07 Å². The lowest BCUT2D eigenvalue weighted by molar-refractivity contribution is 0.0387. The maximum absolute atomic E-state index is 12.2. The molecular formula is C14H17N3O2. The molecule has 1 aromatic rings. The average Bonchev–Trinajstić information content (AvgIpc) is 2.47.